The van der Waals surface area contributed by atoms with E-state index in [-0.39, 0.29) is 17.8 Å². The number of hydrogen-bond donors (Lipinski definition) is 0. The summed E-state index contributed by atoms with van der Waals surface area (Å²) in [7, 11) is 0. The Kier molecular flexibility index (Phi) is 4.75. The van der Waals surface area contributed by atoms with Crippen molar-refractivity contribution in [3.8, 4) is 0 Å². The molecule has 5 rings (SSSR count). The van der Waals surface area contributed by atoms with Crippen molar-refractivity contribution in [3.05, 3.63) is 95.6 Å². The third-order valence-electron chi connectivity index (χ3n) is 5.41. The minimum absolute atomic E-state index is 0.0490. The van der Waals surface area contributed by atoms with Crippen LogP contribution in [0.4, 0.5) is 4.39 Å². The van der Waals surface area contributed by atoms with E-state index in [2.05, 4.69) is 10.1 Å². The Morgan fingerprint density at radius 3 is 2.53 bits per heavy atom. The molecule has 150 valence electrons. The van der Waals surface area contributed by atoms with E-state index in [4.69, 9.17) is 0 Å². The van der Waals surface area contributed by atoms with E-state index in [0.29, 0.717) is 18.7 Å². The predicted octanol–water partition coefficient (Wildman–Crippen LogP) is 4.42. The number of pyridine rings is 1. The molecule has 4 aromatic rings. The zero-order valence-corrected chi connectivity index (χ0v) is 16.4. The number of carbonyl (C=O) groups excluding carboxylic acids is 1. The molecule has 0 aliphatic heterocycles. The van der Waals surface area contributed by atoms with Crippen LogP contribution in [0.3, 0.4) is 0 Å². The molecule has 2 aromatic carbocycles. The van der Waals surface area contributed by atoms with Crippen LogP contribution in [0.1, 0.15) is 34.3 Å². The second kappa shape index (κ2) is 7.71. The van der Waals surface area contributed by atoms with Gasteiger partial charge in [0.2, 0.25) is 0 Å². The lowest BCUT2D eigenvalue weighted by Crippen LogP contribution is -2.32. The zero-order valence-electron chi connectivity index (χ0n) is 16.4. The number of fused-ring (bicyclic) bond motifs is 1. The minimum atomic E-state index is -0.273. The number of amides is 1. The number of halogens is 1. The second-order valence-electron chi connectivity index (χ2n) is 7.72. The molecule has 0 radical (unpaired) electrons. The third-order valence-corrected chi connectivity index (χ3v) is 5.41. The van der Waals surface area contributed by atoms with Crippen LogP contribution in [0.25, 0.3) is 11.0 Å². The SMILES string of the molecule is O=C(c1cnc2c(cnn2Cc2ccccc2)c1)N(Cc1ccc(F)cc1)C1CC1. The quantitative estimate of drug-likeness (QED) is 0.481. The average Bonchev–Trinajstić information content (AvgIpc) is 3.55. The van der Waals surface area contributed by atoms with Crippen LogP contribution in [0, 0.1) is 5.82 Å². The smallest absolute Gasteiger partial charge is 0.255 e. The highest BCUT2D eigenvalue weighted by atomic mass is 19.1. The Morgan fingerprint density at radius 2 is 1.80 bits per heavy atom. The van der Waals surface area contributed by atoms with Crippen molar-refractivity contribution >= 4 is 16.9 Å². The van der Waals surface area contributed by atoms with Gasteiger partial charge in [0.25, 0.3) is 5.91 Å². The highest BCUT2D eigenvalue weighted by Crippen LogP contribution is 2.30. The Hall–Kier alpha value is -3.54. The van der Waals surface area contributed by atoms with Gasteiger partial charge in [-0.2, -0.15) is 5.10 Å². The maximum atomic E-state index is 13.2. The Labute approximate surface area is 173 Å². The van der Waals surface area contributed by atoms with Crippen LogP contribution in [0.15, 0.2) is 73.1 Å². The summed E-state index contributed by atoms with van der Waals surface area (Å²) in [6, 6.07) is 18.5. The standard InChI is InChI=1S/C24H21FN4O/c25-21-8-6-18(7-9-21)15-28(22-10-11-22)24(30)20-12-19-14-27-29(23(19)26-13-20)16-17-4-2-1-3-5-17/h1-9,12-14,22H,10-11,15-16H2. The van der Waals surface area contributed by atoms with Gasteiger partial charge in [-0.25, -0.2) is 14.1 Å². The first-order valence-corrected chi connectivity index (χ1v) is 10.1. The molecule has 6 heteroatoms. The number of nitrogens with zero attached hydrogens (tertiary/aromatic N) is 4. The van der Waals surface area contributed by atoms with E-state index in [0.717, 1.165) is 35.0 Å². The van der Waals surface area contributed by atoms with Gasteiger partial charge in [-0.3, -0.25) is 4.79 Å². The number of aromatic nitrogens is 3. The van der Waals surface area contributed by atoms with Gasteiger partial charge in [0.15, 0.2) is 5.65 Å². The molecule has 5 nitrogen and oxygen atoms in total. The van der Waals surface area contributed by atoms with Crippen LogP contribution < -0.4 is 0 Å². The Balaban J connectivity index is 1.39. The maximum Gasteiger partial charge on any atom is 0.255 e. The van der Waals surface area contributed by atoms with Gasteiger partial charge in [-0.05, 0) is 42.2 Å². The maximum absolute atomic E-state index is 13.2. The normalized spacial score (nSPS) is 13.5. The highest BCUT2D eigenvalue weighted by molar-refractivity contribution is 5.97. The first-order valence-electron chi connectivity index (χ1n) is 10.1. The third kappa shape index (κ3) is 3.81. The van der Waals surface area contributed by atoms with Crippen LogP contribution >= 0.6 is 0 Å². The molecule has 0 N–H and O–H groups in total. The van der Waals surface area contributed by atoms with E-state index < -0.39 is 0 Å². The molecule has 1 amide bonds. The summed E-state index contributed by atoms with van der Waals surface area (Å²) in [5.41, 5.74) is 3.37. The molecule has 30 heavy (non-hydrogen) atoms. The highest BCUT2D eigenvalue weighted by Gasteiger charge is 2.33. The molecule has 0 unspecified atom stereocenters. The van der Waals surface area contributed by atoms with Crippen molar-refractivity contribution in [1.82, 2.24) is 19.7 Å². The lowest BCUT2D eigenvalue weighted by Gasteiger charge is -2.22. The van der Waals surface area contributed by atoms with Gasteiger partial charge in [-0.15, -0.1) is 0 Å². The van der Waals surface area contributed by atoms with E-state index in [9.17, 15) is 9.18 Å². The molecule has 0 atom stereocenters. The monoisotopic (exact) mass is 400 g/mol. The van der Waals surface area contributed by atoms with Crippen molar-refractivity contribution in [2.45, 2.75) is 32.0 Å². The molecular formula is C24H21FN4O. The minimum Gasteiger partial charge on any atom is -0.331 e. The van der Waals surface area contributed by atoms with Gasteiger partial charge in [0.1, 0.15) is 5.82 Å². The van der Waals surface area contributed by atoms with Crippen LogP contribution in [0.5, 0.6) is 0 Å². The summed E-state index contributed by atoms with van der Waals surface area (Å²) >= 11 is 0. The van der Waals surface area contributed by atoms with E-state index in [1.54, 1.807) is 24.5 Å². The molecule has 2 aromatic heterocycles. The summed E-state index contributed by atoms with van der Waals surface area (Å²) in [5.74, 6) is -0.322. The molecule has 0 bridgehead atoms. The molecule has 0 saturated heterocycles. The van der Waals surface area contributed by atoms with E-state index >= 15 is 0 Å². The summed E-state index contributed by atoms with van der Waals surface area (Å²) in [5, 5.41) is 5.30. The van der Waals surface area contributed by atoms with Gasteiger partial charge >= 0.3 is 0 Å². The molecule has 1 fully saturated rings. The molecule has 1 aliphatic rings. The molecule has 0 spiro atoms. The van der Waals surface area contributed by atoms with Crippen LogP contribution in [-0.2, 0) is 13.1 Å². The summed E-state index contributed by atoms with van der Waals surface area (Å²) < 4.78 is 15.1. The number of benzene rings is 2. The number of hydrogen-bond acceptors (Lipinski definition) is 3. The number of rotatable bonds is 6. The van der Waals surface area contributed by atoms with Crippen molar-refractivity contribution in [2.24, 2.45) is 0 Å². The first kappa shape index (κ1) is 18.5. The van der Waals surface area contributed by atoms with Crippen molar-refractivity contribution in [2.75, 3.05) is 0 Å². The van der Waals surface area contributed by atoms with Gasteiger partial charge < -0.3 is 4.90 Å². The average molecular weight is 400 g/mol. The summed E-state index contributed by atoms with van der Waals surface area (Å²) in [6.45, 7) is 1.10. The summed E-state index contributed by atoms with van der Waals surface area (Å²) in [4.78, 5) is 19.6. The molecule has 1 saturated carbocycles. The fourth-order valence-corrected chi connectivity index (χ4v) is 3.67. The van der Waals surface area contributed by atoms with Gasteiger partial charge in [0.05, 0.1) is 18.3 Å². The molecular weight excluding hydrogens is 379 g/mol. The topological polar surface area (TPSA) is 51.0 Å². The lowest BCUT2D eigenvalue weighted by atomic mass is 10.1. The number of carbonyl (C=O) groups is 1. The van der Waals surface area contributed by atoms with E-state index in [1.807, 2.05) is 46.0 Å². The van der Waals surface area contributed by atoms with Gasteiger partial charge in [0, 0.05) is 24.2 Å². The summed E-state index contributed by atoms with van der Waals surface area (Å²) in [6.07, 6.45) is 5.38. The van der Waals surface area contributed by atoms with E-state index in [1.165, 1.54) is 12.1 Å². The Bertz CT molecular complexity index is 1180. The van der Waals surface area contributed by atoms with Crippen LogP contribution in [-0.4, -0.2) is 31.6 Å². The van der Waals surface area contributed by atoms with Crippen molar-refractivity contribution < 1.29 is 9.18 Å². The molecule has 1 aliphatic carbocycles. The Morgan fingerprint density at radius 1 is 1.03 bits per heavy atom. The van der Waals surface area contributed by atoms with Gasteiger partial charge in [-0.1, -0.05) is 42.5 Å². The van der Waals surface area contributed by atoms with Crippen molar-refractivity contribution in [3.63, 3.8) is 0 Å². The zero-order chi connectivity index (χ0) is 20.5. The first-order chi connectivity index (χ1) is 14.7. The largest absolute Gasteiger partial charge is 0.331 e. The second-order valence-corrected chi connectivity index (χ2v) is 7.72. The lowest BCUT2D eigenvalue weighted by molar-refractivity contribution is 0.0729. The predicted molar refractivity (Wildman–Crippen MR) is 112 cm³/mol. The molecule has 2 heterocycles. The fourth-order valence-electron chi connectivity index (χ4n) is 3.67. The van der Waals surface area contributed by atoms with Crippen molar-refractivity contribution in [1.29, 1.82) is 0 Å². The van der Waals surface area contributed by atoms with Crippen LogP contribution in [0.2, 0.25) is 0 Å². The fraction of sp³-hybridized carbons (Fsp3) is 0.208.